The Balaban J connectivity index is 2.26. The SMILES string of the molecule is CCN(CCCNCc1ccc([N+](=O)[O-])s1)C(=O)OC(C)(C)C. The second-order valence-corrected chi connectivity index (χ2v) is 7.23. The van der Waals surface area contributed by atoms with Crippen molar-refractivity contribution in [1.82, 2.24) is 10.2 Å². The van der Waals surface area contributed by atoms with E-state index < -0.39 is 5.60 Å². The first kappa shape index (κ1) is 19.4. The lowest BCUT2D eigenvalue weighted by Crippen LogP contribution is -2.38. The van der Waals surface area contributed by atoms with E-state index in [0.717, 1.165) is 17.8 Å². The fraction of sp³-hybridized carbons (Fsp3) is 0.667. The number of carbonyl (C=O) groups is 1. The summed E-state index contributed by atoms with van der Waals surface area (Å²) in [7, 11) is 0. The molecule has 0 atom stereocenters. The molecule has 7 nitrogen and oxygen atoms in total. The highest BCUT2D eigenvalue weighted by Crippen LogP contribution is 2.23. The standard InChI is InChI=1S/C15H25N3O4S/c1-5-17(14(19)22-15(2,3)4)10-6-9-16-11-12-7-8-13(23-12)18(20)21/h7-8,16H,5-6,9-11H2,1-4H3. The van der Waals surface area contributed by atoms with Crippen LogP contribution in [0.2, 0.25) is 0 Å². The van der Waals surface area contributed by atoms with Gasteiger partial charge in [-0.2, -0.15) is 0 Å². The lowest BCUT2D eigenvalue weighted by Gasteiger charge is -2.26. The van der Waals surface area contributed by atoms with Gasteiger partial charge in [0.25, 0.3) is 0 Å². The van der Waals surface area contributed by atoms with E-state index in [2.05, 4.69) is 5.32 Å². The molecule has 0 aliphatic rings. The van der Waals surface area contributed by atoms with Crippen molar-refractivity contribution in [2.45, 2.75) is 46.3 Å². The third kappa shape index (κ3) is 7.43. The predicted molar refractivity (Wildman–Crippen MR) is 90.8 cm³/mol. The van der Waals surface area contributed by atoms with E-state index in [0.29, 0.717) is 19.6 Å². The number of ether oxygens (including phenoxy) is 1. The molecule has 1 N–H and O–H groups in total. The minimum atomic E-state index is -0.489. The zero-order chi connectivity index (χ0) is 17.5. The molecule has 0 aliphatic heterocycles. The first-order valence-corrected chi connectivity index (χ1v) is 8.46. The minimum Gasteiger partial charge on any atom is -0.444 e. The van der Waals surface area contributed by atoms with Crippen LogP contribution >= 0.6 is 11.3 Å². The average Bonchev–Trinajstić information content (AvgIpc) is 2.89. The minimum absolute atomic E-state index is 0.156. The predicted octanol–water partition coefficient (Wildman–Crippen LogP) is 3.39. The van der Waals surface area contributed by atoms with E-state index in [1.54, 1.807) is 11.0 Å². The van der Waals surface area contributed by atoms with E-state index in [4.69, 9.17) is 4.74 Å². The smallest absolute Gasteiger partial charge is 0.410 e. The molecule has 0 saturated carbocycles. The summed E-state index contributed by atoms with van der Waals surface area (Å²) in [6.07, 6.45) is 0.495. The number of nitrogens with one attached hydrogen (secondary N) is 1. The molecular formula is C15H25N3O4S. The highest BCUT2D eigenvalue weighted by molar-refractivity contribution is 7.15. The van der Waals surface area contributed by atoms with E-state index in [1.165, 1.54) is 17.4 Å². The van der Waals surface area contributed by atoms with Crippen LogP contribution < -0.4 is 5.32 Å². The van der Waals surface area contributed by atoms with E-state index in [-0.39, 0.29) is 16.0 Å². The summed E-state index contributed by atoms with van der Waals surface area (Å²) in [6, 6.07) is 3.28. The normalized spacial score (nSPS) is 11.3. The molecule has 1 amide bonds. The molecule has 0 aliphatic carbocycles. The Morgan fingerprint density at radius 1 is 1.43 bits per heavy atom. The van der Waals surface area contributed by atoms with E-state index in [9.17, 15) is 14.9 Å². The van der Waals surface area contributed by atoms with Gasteiger partial charge >= 0.3 is 11.1 Å². The first-order chi connectivity index (χ1) is 10.7. The van der Waals surface area contributed by atoms with Gasteiger partial charge in [0.1, 0.15) is 5.60 Å². The summed E-state index contributed by atoms with van der Waals surface area (Å²) in [4.78, 5) is 24.8. The van der Waals surface area contributed by atoms with Crippen molar-refractivity contribution in [3.8, 4) is 0 Å². The maximum atomic E-state index is 12.0. The summed E-state index contributed by atoms with van der Waals surface area (Å²) < 4.78 is 5.35. The van der Waals surface area contributed by atoms with Gasteiger partial charge in [-0.15, -0.1) is 0 Å². The summed E-state index contributed by atoms with van der Waals surface area (Å²) in [5, 5.41) is 14.0. The van der Waals surface area contributed by atoms with Crippen LogP contribution in [0.5, 0.6) is 0 Å². The Labute approximate surface area is 140 Å². The summed E-state index contributed by atoms with van der Waals surface area (Å²) >= 11 is 1.17. The number of rotatable bonds is 8. The third-order valence-corrected chi connectivity index (χ3v) is 3.98. The van der Waals surface area contributed by atoms with Crippen LogP contribution in [0, 0.1) is 10.1 Å². The van der Waals surface area contributed by atoms with Crippen LogP contribution in [0.15, 0.2) is 12.1 Å². The largest absolute Gasteiger partial charge is 0.444 e. The zero-order valence-corrected chi connectivity index (χ0v) is 14.9. The fourth-order valence-corrected chi connectivity index (χ4v) is 2.66. The quantitative estimate of drug-likeness (QED) is 0.444. The van der Waals surface area contributed by atoms with Crippen molar-refractivity contribution in [3.63, 3.8) is 0 Å². The van der Waals surface area contributed by atoms with Gasteiger partial charge in [0.05, 0.1) is 4.92 Å². The van der Waals surface area contributed by atoms with Crippen LogP contribution in [0.25, 0.3) is 0 Å². The summed E-state index contributed by atoms with van der Waals surface area (Å²) in [6.45, 7) is 10.0. The Kier molecular flexibility index (Phi) is 7.44. The lowest BCUT2D eigenvalue weighted by molar-refractivity contribution is -0.380. The number of amides is 1. The first-order valence-electron chi connectivity index (χ1n) is 7.64. The van der Waals surface area contributed by atoms with E-state index >= 15 is 0 Å². The molecule has 23 heavy (non-hydrogen) atoms. The van der Waals surface area contributed by atoms with Crippen LogP contribution in [-0.4, -0.2) is 41.2 Å². The molecule has 1 rings (SSSR count). The van der Waals surface area contributed by atoms with Crippen molar-refractivity contribution in [2.24, 2.45) is 0 Å². The van der Waals surface area contributed by atoms with Gasteiger partial charge in [-0.25, -0.2) is 4.79 Å². The Morgan fingerprint density at radius 3 is 2.65 bits per heavy atom. The third-order valence-electron chi connectivity index (χ3n) is 2.94. The highest BCUT2D eigenvalue weighted by atomic mass is 32.1. The van der Waals surface area contributed by atoms with Gasteiger partial charge in [-0.1, -0.05) is 11.3 Å². The Bertz CT molecular complexity index is 525. The molecule has 0 spiro atoms. The fourth-order valence-electron chi connectivity index (χ4n) is 1.87. The van der Waals surface area contributed by atoms with Crippen LogP contribution in [0.3, 0.4) is 0 Å². The number of carbonyl (C=O) groups excluding carboxylic acids is 1. The summed E-state index contributed by atoms with van der Waals surface area (Å²) in [5.74, 6) is 0. The second kappa shape index (κ2) is 8.83. The maximum Gasteiger partial charge on any atom is 0.410 e. The van der Waals surface area contributed by atoms with Gasteiger partial charge in [0.15, 0.2) is 0 Å². The maximum absolute atomic E-state index is 12.0. The zero-order valence-electron chi connectivity index (χ0n) is 14.1. The highest BCUT2D eigenvalue weighted by Gasteiger charge is 2.20. The summed E-state index contributed by atoms with van der Waals surface area (Å²) in [5.41, 5.74) is -0.489. The van der Waals surface area contributed by atoms with Crippen LogP contribution in [0.4, 0.5) is 9.80 Å². The molecule has 1 heterocycles. The Morgan fingerprint density at radius 2 is 2.13 bits per heavy atom. The number of hydrogen-bond acceptors (Lipinski definition) is 6. The molecule has 1 aromatic heterocycles. The van der Waals surface area contributed by atoms with Crippen molar-refractivity contribution in [3.05, 3.63) is 27.1 Å². The van der Waals surface area contributed by atoms with Crippen LogP contribution in [-0.2, 0) is 11.3 Å². The molecule has 0 saturated heterocycles. The average molecular weight is 343 g/mol. The van der Waals surface area contributed by atoms with Gasteiger partial charge in [0, 0.05) is 30.6 Å². The molecular weight excluding hydrogens is 318 g/mol. The number of nitro groups is 1. The number of thiophene rings is 1. The van der Waals surface area contributed by atoms with Gasteiger partial charge in [0.2, 0.25) is 0 Å². The number of nitrogens with zero attached hydrogens (tertiary/aromatic N) is 2. The molecule has 8 heteroatoms. The number of hydrogen-bond donors (Lipinski definition) is 1. The van der Waals surface area contributed by atoms with Crippen molar-refractivity contribution >= 4 is 22.4 Å². The molecule has 1 aromatic rings. The molecule has 0 fully saturated rings. The van der Waals surface area contributed by atoms with Gasteiger partial charge < -0.3 is 15.0 Å². The molecule has 0 unspecified atom stereocenters. The lowest BCUT2D eigenvalue weighted by atomic mass is 10.2. The van der Waals surface area contributed by atoms with Crippen molar-refractivity contribution < 1.29 is 14.5 Å². The second-order valence-electron chi connectivity index (χ2n) is 6.09. The van der Waals surface area contributed by atoms with Crippen molar-refractivity contribution in [2.75, 3.05) is 19.6 Å². The molecule has 0 aromatic carbocycles. The molecule has 0 radical (unpaired) electrons. The van der Waals surface area contributed by atoms with Crippen LogP contribution in [0.1, 0.15) is 39.0 Å². The molecule has 130 valence electrons. The van der Waals surface area contributed by atoms with E-state index in [1.807, 2.05) is 27.7 Å². The monoisotopic (exact) mass is 343 g/mol. The Hall–Kier alpha value is -1.67. The molecule has 0 bridgehead atoms. The van der Waals surface area contributed by atoms with Crippen molar-refractivity contribution in [1.29, 1.82) is 0 Å². The van der Waals surface area contributed by atoms with Gasteiger partial charge in [-0.3, -0.25) is 10.1 Å². The van der Waals surface area contributed by atoms with Gasteiger partial charge in [-0.05, 0) is 46.7 Å². The topological polar surface area (TPSA) is 84.7 Å².